The fraction of sp³-hybridized carbons (Fsp3) is 0.533. The van der Waals surface area contributed by atoms with Crippen molar-refractivity contribution >= 4 is 17.6 Å². The molecule has 1 aromatic rings. The van der Waals surface area contributed by atoms with E-state index in [1.54, 1.807) is 0 Å². The molecule has 112 valence electrons. The van der Waals surface area contributed by atoms with Crippen LogP contribution in [0.15, 0.2) is 18.2 Å². The number of hydrogen-bond donors (Lipinski definition) is 1. The second kappa shape index (κ2) is 7.04. The van der Waals surface area contributed by atoms with Crippen molar-refractivity contribution in [2.75, 3.05) is 7.11 Å². The molecule has 0 amide bonds. The number of benzene rings is 1. The Bertz CT molecular complexity index is 474. The van der Waals surface area contributed by atoms with Crippen LogP contribution in [0.5, 0.6) is 0 Å². The summed E-state index contributed by atoms with van der Waals surface area (Å²) in [6.07, 6.45) is 2.14. The predicted molar refractivity (Wildman–Crippen MR) is 76.0 cm³/mol. The highest BCUT2D eigenvalue weighted by Crippen LogP contribution is 2.37. The van der Waals surface area contributed by atoms with E-state index < -0.39 is 23.3 Å². The molecule has 0 bridgehead atoms. The number of rotatable bonds is 6. The smallest absolute Gasteiger partial charge is 0.311 e. The molecule has 1 rings (SSSR count). The van der Waals surface area contributed by atoms with Crippen LogP contribution in [-0.2, 0) is 15.1 Å². The van der Waals surface area contributed by atoms with Crippen LogP contribution in [0.2, 0.25) is 5.02 Å². The van der Waals surface area contributed by atoms with Crippen molar-refractivity contribution in [2.45, 2.75) is 38.7 Å². The van der Waals surface area contributed by atoms with E-state index in [2.05, 4.69) is 0 Å². The number of esters is 1. The summed E-state index contributed by atoms with van der Waals surface area (Å²) in [5.41, 5.74) is -1.18. The van der Waals surface area contributed by atoms with Gasteiger partial charge in [0.15, 0.2) is 0 Å². The van der Waals surface area contributed by atoms with E-state index in [1.165, 1.54) is 26.2 Å². The van der Waals surface area contributed by atoms with E-state index >= 15 is 0 Å². The third-order valence-corrected chi connectivity index (χ3v) is 3.80. The highest BCUT2D eigenvalue weighted by molar-refractivity contribution is 6.31. The third kappa shape index (κ3) is 3.70. The molecular formula is C15H20ClFO3. The van der Waals surface area contributed by atoms with Crippen molar-refractivity contribution in [1.82, 2.24) is 0 Å². The van der Waals surface area contributed by atoms with Crippen molar-refractivity contribution in [3.8, 4) is 0 Å². The van der Waals surface area contributed by atoms with E-state index in [0.717, 1.165) is 18.9 Å². The van der Waals surface area contributed by atoms with Crippen LogP contribution in [0.3, 0.4) is 0 Å². The van der Waals surface area contributed by atoms with E-state index in [4.69, 9.17) is 16.3 Å². The molecule has 0 fully saturated rings. The van der Waals surface area contributed by atoms with Crippen molar-refractivity contribution < 1.29 is 19.0 Å². The largest absolute Gasteiger partial charge is 0.469 e. The van der Waals surface area contributed by atoms with Crippen LogP contribution in [-0.4, -0.2) is 18.2 Å². The normalized spacial score (nSPS) is 15.5. The summed E-state index contributed by atoms with van der Waals surface area (Å²) in [5.74, 6) is -1.73. The van der Waals surface area contributed by atoms with Gasteiger partial charge in [-0.15, -0.1) is 0 Å². The SMILES string of the molecule is CCCCC(C(=O)OC)C(C)(O)c1ccc(F)cc1Cl. The van der Waals surface area contributed by atoms with Gasteiger partial charge in [0, 0.05) is 10.6 Å². The van der Waals surface area contributed by atoms with Crippen LogP contribution < -0.4 is 0 Å². The summed E-state index contributed by atoms with van der Waals surface area (Å²) in [6.45, 7) is 3.50. The summed E-state index contributed by atoms with van der Waals surface area (Å²) in [4.78, 5) is 11.9. The number of carbonyl (C=O) groups excluding carboxylic acids is 1. The van der Waals surface area contributed by atoms with Gasteiger partial charge in [-0.1, -0.05) is 37.4 Å². The minimum atomic E-state index is -1.51. The number of methoxy groups -OCH3 is 1. The molecule has 0 saturated carbocycles. The fourth-order valence-electron chi connectivity index (χ4n) is 2.27. The summed E-state index contributed by atoms with van der Waals surface area (Å²) in [7, 11) is 1.28. The first-order valence-electron chi connectivity index (χ1n) is 6.60. The number of ether oxygens (including phenoxy) is 1. The Hall–Kier alpha value is -1.13. The summed E-state index contributed by atoms with van der Waals surface area (Å²) < 4.78 is 17.9. The lowest BCUT2D eigenvalue weighted by Gasteiger charge is -2.32. The summed E-state index contributed by atoms with van der Waals surface area (Å²) >= 11 is 5.99. The van der Waals surface area contributed by atoms with Gasteiger partial charge in [0.25, 0.3) is 0 Å². The van der Waals surface area contributed by atoms with Crippen molar-refractivity contribution in [1.29, 1.82) is 0 Å². The molecule has 1 N–H and O–H groups in total. The molecule has 1 aromatic carbocycles. The van der Waals surface area contributed by atoms with Crippen LogP contribution in [0.1, 0.15) is 38.7 Å². The first-order chi connectivity index (χ1) is 9.34. The van der Waals surface area contributed by atoms with Crippen molar-refractivity contribution in [3.63, 3.8) is 0 Å². The van der Waals surface area contributed by atoms with Crippen molar-refractivity contribution in [2.24, 2.45) is 5.92 Å². The summed E-state index contributed by atoms with van der Waals surface area (Å²) in [5, 5.41) is 10.8. The first kappa shape index (κ1) is 16.9. The summed E-state index contributed by atoms with van der Waals surface area (Å²) in [6, 6.07) is 3.74. The van der Waals surface area contributed by atoms with Crippen LogP contribution >= 0.6 is 11.6 Å². The van der Waals surface area contributed by atoms with E-state index in [9.17, 15) is 14.3 Å². The molecule has 5 heteroatoms. The molecule has 0 heterocycles. The Kier molecular flexibility index (Phi) is 5.96. The average Bonchev–Trinajstić information content (AvgIpc) is 2.38. The number of aliphatic hydroxyl groups is 1. The first-order valence-corrected chi connectivity index (χ1v) is 6.98. The Balaban J connectivity index is 3.16. The Morgan fingerprint density at radius 3 is 2.70 bits per heavy atom. The third-order valence-electron chi connectivity index (χ3n) is 3.49. The lowest BCUT2D eigenvalue weighted by molar-refractivity contribution is -0.156. The van der Waals surface area contributed by atoms with Gasteiger partial charge in [0.1, 0.15) is 11.4 Å². The maximum Gasteiger partial charge on any atom is 0.311 e. The molecule has 0 saturated heterocycles. The zero-order valence-corrected chi connectivity index (χ0v) is 12.7. The molecule has 2 unspecified atom stereocenters. The van der Waals surface area contributed by atoms with Gasteiger partial charge < -0.3 is 9.84 Å². The predicted octanol–water partition coefficient (Wildman–Crippen LogP) is 3.67. The van der Waals surface area contributed by atoms with Gasteiger partial charge in [-0.2, -0.15) is 0 Å². The van der Waals surface area contributed by atoms with Gasteiger partial charge in [-0.25, -0.2) is 4.39 Å². The zero-order valence-electron chi connectivity index (χ0n) is 12.0. The lowest BCUT2D eigenvalue weighted by atomic mass is 9.80. The zero-order chi connectivity index (χ0) is 15.3. The van der Waals surface area contributed by atoms with Crippen LogP contribution in [0.25, 0.3) is 0 Å². The quantitative estimate of drug-likeness (QED) is 0.816. The topological polar surface area (TPSA) is 46.5 Å². The van der Waals surface area contributed by atoms with Gasteiger partial charge in [-0.05, 0) is 25.5 Å². The maximum atomic E-state index is 13.1. The van der Waals surface area contributed by atoms with Gasteiger partial charge in [0.05, 0.1) is 13.0 Å². The van der Waals surface area contributed by atoms with E-state index in [-0.39, 0.29) is 5.02 Å². The molecule has 2 atom stereocenters. The van der Waals surface area contributed by atoms with Gasteiger partial charge >= 0.3 is 5.97 Å². The Labute approximate surface area is 123 Å². The minimum absolute atomic E-state index is 0.0976. The maximum absolute atomic E-state index is 13.1. The molecule has 0 aromatic heterocycles. The highest BCUT2D eigenvalue weighted by atomic mass is 35.5. The standard InChI is InChI=1S/C15H20ClFO3/c1-4-5-6-12(14(18)20-3)15(2,19)11-8-7-10(17)9-13(11)16/h7-9,12,19H,4-6H2,1-3H3. The van der Waals surface area contributed by atoms with Crippen LogP contribution in [0.4, 0.5) is 4.39 Å². The number of halogens is 2. The number of carbonyl (C=O) groups is 1. The van der Waals surface area contributed by atoms with Crippen molar-refractivity contribution in [3.05, 3.63) is 34.6 Å². The van der Waals surface area contributed by atoms with Crippen LogP contribution in [0, 0.1) is 11.7 Å². The Morgan fingerprint density at radius 2 is 2.20 bits per heavy atom. The monoisotopic (exact) mass is 302 g/mol. The molecule has 0 aliphatic rings. The van der Waals surface area contributed by atoms with Gasteiger partial charge in [0.2, 0.25) is 0 Å². The lowest BCUT2D eigenvalue weighted by Crippen LogP contribution is -2.38. The molecule has 3 nitrogen and oxygen atoms in total. The molecular weight excluding hydrogens is 283 g/mol. The molecule has 0 aliphatic heterocycles. The molecule has 0 spiro atoms. The van der Waals surface area contributed by atoms with Gasteiger partial charge in [-0.3, -0.25) is 4.79 Å². The molecule has 20 heavy (non-hydrogen) atoms. The second-order valence-electron chi connectivity index (χ2n) is 4.99. The van der Waals surface area contributed by atoms with E-state index in [0.29, 0.717) is 12.0 Å². The van der Waals surface area contributed by atoms with E-state index in [1.807, 2.05) is 6.92 Å². The average molecular weight is 303 g/mol. The Morgan fingerprint density at radius 1 is 1.55 bits per heavy atom. The second-order valence-corrected chi connectivity index (χ2v) is 5.40. The fourth-order valence-corrected chi connectivity index (χ4v) is 2.63. The molecule has 0 aliphatic carbocycles. The number of hydrogen-bond acceptors (Lipinski definition) is 3. The molecule has 0 radical (unpaired) electrons. The minimum Gasteiger partial charge on any atom is -0.469 e. The number of unbranched alkanes of at least 4 members (excludes halogenated alkanes) is 1. The highest BCUT2D eigenvalue weighted by Gasteiger charge is 2.40.